The highest BCUT2D eigenvalue weighted by molar-refractivity contribution is 7.88. The maximum atomic E-state index is 11.4. The van der Waals surface area contributed by atoms with Crippen LogP contribution < -0.4 is 4.72 Å². The molecule has 17 heavy (non-hydrogen) atoms. The van der Waals surface area contributed by atoms with Gasteiger partial charge in [-0.3, -0.25) is 0 Å². The van der Waals surface area contributed by atoms with E-state index in [0.717, 1.165) is 11.1 Å². The highest BCUT2D eigenvalue weighted by Crippen LogP contribution is 2.25. The summed E-state index contributed by atoms with van der Waals surface area (Å²) in [6, 6.07) is 5.94. The second-order valence-corrected chi connectivity index (χ2v) is 6.75. The first kappa shape index (κ1) is 14.2. The molecule has 0 amide bonds. The standard InChI is InChI=1S/C13H21NO2S/c1-9(2)13(14-17(5,15)16)12-7-6-10(3)8-11(12)4/h6-9,13-14H,1-5H3/t13-/m0/s1. The molecule has 0 bridgehead atoms. The molecule has 0 saturated heterocycles. The number of sulfonamides is 1. The van der Waals surface area contributed by atoms with Gasteiger partial charge in [-0.2, -0.15) is 0 Å². The van der Waals surface area contributed by atoms with E-state index in [1.165, 1.54) is 11.8 Å². The van der Waals surface area contributed by atoms with Crippen LogP contribution in [0.1, 0.15) is 36.6 Å². The number of benzene rings is 1. The van der Waals surface area contributed by atoms with Crippen LogP contribution in [0.3, 0.4) is 0 Å². The average molecular weight is 255 g/mol. The Morgan fingerprint density at radius 1 is 1.18 bits per heavy atom. The summed E-state index contributed by atoms with van der Waals surface area (Å²) < 4.78 is 25.5. The number of aryl methyl sites for hydroxylation is 2. The molecule has 1 aromatic rings. The van der Waals surface area contributed by atoms with Gasteiger partial charge in [0.25, 0.3) is 0 Å². The van der Waals surface area contributed by atoms with E-state index < -0.39 is 10.0 Å². The van der Waals surface area contributed by atoms with E-state index in [9.17, 15) is 8.42 Å². The third kappa shape index (κ3) is 4.13. The van der Waals surface area contributed by atoms with Crippen LogP contribution in [-0.2, 0) is 10.0 Å². The fraction of sp³-hybridized carbons (Fsp3) is 0.538. The summed E-state index contributed by atoms with van der Waals surface area (Å²) in [5.74, 6) is 0.214. The Bertz CT molecular complexity index is 492. The Morgan fingerprint density at radius 3 is 2.18 bits per heavy atom. The lowest BCUT2D eigenvalue weighted by Gasteiger charge is -2.23. The topological polar surface area (TPSA) is 46.2 Å². The molecule has 1 atom stereocenters. The minimum Gasteiger partial charge on any atom is -0.213 e. The summed E-state index contributed by atoms with van der Waals surface area (Å²) in [6.07, 6.45) is 1.20. The van der Waals surface area contributed by atoms with Crippen LogP contribution in [-0.4, -0.2) is 14.7 Å². The molecule has 1 N–H and O–H groups in total. The maximum Gasteiger partial charge on any atom is 0.209 e. The fourth-order valence-corrected chi connectivity index (χ4v) is 2.82. The van der Waals surface area contributed by atoms with E-state index >= 15 is 0 Å². The zero-order chi connectivity index (χ0) is 13.2. The molecule has 0 radical (unpaired) electrons. The molecule has 96 valence electrons. The van der Waals surface area contributed by atoms with Crippen molar-refractivity contribution in [1.29, 1.82) is 0 Å². The highest BCUT2D eigenvalue weighted by atomic mass is 32.2. The van der Waals surface area contributed by atoms with Crippen LogP contribution >= 0.6 is 0 Å². The second kappa shape index (κ2) is 5.19. The molecule has 0 unspecified atom stereocenters. The van der Waals surface area contributed by atoms with Gasteiger partial charge in [0.15, 0.2) is 0 Å². The van der Waals surface area contributed by atoms with Crippen molar-refractivity contribution in [3.05, 3.63) is 34.9 Å². The van der Waals surface area contributed by atoms with Gasteiger partial charge in [0, 0.05) is 6.04 Å². The van der Waals surface area contributed by atoms with E-state index in [1.54, 1.807) is 0 Å². The second-order valence-electron chi connectivity index (χ2n) is 4.97. The zero-order valence-electron chi connectivity index (χ0n) is 11.1. The molecular weight excluding hydrogens is 234 g/mol. The lowest BCUT2D eigenvalue weighted by molar-refractivity contribution is 0.463. The van der Waals surface area contributed by atoms with Crippen molar-refractivity contribution < 1.29 is 8.42 Å². The number of hydrogen-bond donors (Lipinski definition) is 1. The van der Waals surface area contributed by atoms with E-state index in [2.05, 4.69) is 10.8 Å². The summed E-state index contributed by atoms with van der Waals surface area (Å²) in [5, 5.41) is 0. The number of rotatable bonds is 4. The number of nitrogens with one attached hydrogen (secondary N) is 1. The highest BCUT2D eigenvalue weighted by Gasteiger charge is 2.21. The van der Waals surface area contributed by atoms with Crippen LogP contribution in [0, 0.1) is 19.8 Å². The molecule has 0 aromatic heterocycles. The van der Waals surface area contributed by atoms with Crippen LogP contribution in [0.5, 0.6) is 0 Å². The van der Waals surface area contributed by atoms with E-state index in [1.807, 2.05) is 39.8 Å². The minimum atomic E-state index is -3.19. The molecule has 0 fully saturated rings. The van der Waals surface area contributed by atoms with Crippen molar-refractivity contribution in [3.8, 4) is 0 Å². The van der Waals surface area contributed by atoms with Gasteiger partial charge in [-0.15, -0.1) is 0 Å². The van der Waals surface area contributed by atoms with E-state index in [-0.39, 0.29) is 12.0 Å². The van der Waals surface area contributed by atoms with Crippen molar-refractivity contribution in [3.63, 3.8) is 0 Å². The summed E-state index contributed by atoms with van der Waals surface area (Å²) >= 11 is 0. The molecule has 1 rings (SSSR count). The van der Waals surface area contributed by atoms with Gasteiger partial charge in [-0.1, -0.05) is 37.6 Å². The molecule has 0 heterocycles. The molecule has 0 spiro atoms. The summed E-state index contributed by atoms with van der Waals surface area (Å²) in [7, 11) is -3.19. The number of hydrogen-bond acceptors (Lipinski definition) is 2. The quantitative estimate of drug-likeness (QED) is 0.898. The third-order valence-corrected chi connectivity index (χ3v) is 3.45. The Balaban J connectivity index is 3.15. The van der Waals surface area contributed by atoms with Crippen molar-refractivity contribution in [1.82, 2.24) is 4.72 Å². The molecule has 1 aromatic carbocycles. The summed E-state index contributed by atoms with van der Waals surface area (Å²) in [6.45, 7) is 8.08. The van der Waals surface area contributed by atoms with Crippen LogP contribution in [0.25, 0.3) is 0 Å². The van der Waals surface area contributed by atoms with Gasteiger partial charge in [-0.25, -0.2) is 13.1 Å². The monoisotopic (exact) mass is 255 g/mol. The maximum absolute atomic E-state index is 11.4. The van der Waals surface area contributed by atoms with Gasteiger partial charge >= 0.3 is 0 Å². The van der Waals surface area contributed by atoms with Gasteiger partial charge in [0.2, 0.25) is 10.0 Å². The summed E-state index contributed by atoms with van der Waals surface area (Å²) in [5.41, 5.74) is 3.36. The molecule has 0 saturated carbocycles. The first-order valence-corrected chi connectivity index (χ1v) is 7.64. The van der Waals surface area contributed by atoms with Crippen LogP contribution in [0.4, 0.5) is 0 Å². The molecule has 0 aliphatic carbocycles. The van der Waals surface area contributed by atoms with Crippen molar-refractivity contribution >= 4 is 10.0 Å². The van der Waals surface area contributed by atoms with Crippen LogP contribution in [0.2, 0.25) is 0 Å². The lowest BCUT2D eigenvalue weighted by Crippen LogP contribution is -2.31. The predicted molar refractivity (Wildman–Crippen MR) is 71.5 cm³/mol. The SMILES string of the molecule is Cc1ccc([C@@H](NS(C)(=O)=O)C(C)C)c(C)c1. The van der Waals surface area contributed by atoms with E-state index in [0.29, 0.717) is 0 Å². The first-order valence-electron chi connectivity index (χ1n) is 5.75. The summed E-state index contributed by atoms with van der Waals surface area (Å²) in [4.78, 5) is 0. The van der Waals surface area contributed by atoms with Crippen LogP contribution in [0.15, 0.2) is 18.2 Å². The normalized spacial score (nSPS) is 14.0. The molecule has 3 nitrogen and oxygen atoms in total. The van der Waals surface area contributed by atoms with Gasteiger partial charge in [-0.05, 0) is 30.9 Å². The Morgan fingerprint density at radius 2 is 1.76 bits per heavy atom. The molecule has 0 aliphatic heterocycles. The molecule has 0 aliphatic rings. The molecular formula is C13H21NO2S. The van der Waals surface area contributed by atoms with Crippen molar-refractivity contribution in [2.75, 3.05) is 6.26 Å². The first-order chi connectivity index (χ1) is 7.70. The molecule has 4 heteroatoms. The average Bonchev–Trinajstić information content (AvgIpc) is 2.13. The predicted octanol–water partition coefficient (Wildman–Crippen LogP) is 2.55. The largest absolute Gasteiger partial charge is 0.213 e. The van der Waals surface area contributed by atoms with Crippen molar-refractivity contribution in [2.45, 2.75) is 33.7 Å². The lowest BCUT2D eigenvalue weighted by atomic mass is 9.92. The Hall–Kier alpha value is -0.870. The third-order valence-electron chi connectivity index (χ3n) is 2.77. The Labute approximate surface area is 104 Å². The zero-order valence-corrected chi connectivity index (χ0v) is 11.9. The smallest absolute Gasteiger partial charge is 0.209 e. The van der Waals surface area contributed by atoms with Crippen molar-refractivity contribution in [2.24, 2.45) is 5.92 Å². The van der Waals surface area contributed by atoms with Gasteiger partial charge in [0.1, 0.15) is 0 Å². The fourth-order valence-electron chi connectivity index (χ4n) is 1.96. The van der Waals surface area contributed by atoms with Gasteiger partial charge < -0.3 is 0 Å². The minimum absolute atomic E-state index is 0.161. The Kier molecular flexibility index (Phi) is 4.33. The van der Waals surface area contributed by atoms with Gasteiger partial charge in [0.05, 0.1) is 6.26 Å². The van der Waals surface area contributed by atoms with E-state index in [4.69, 9.17) is 0 Å².